The first-order valence-corrected chi connectivity index (χ1v) is 34.9. The Morgan fingerprint density at radius 3 is 1.15 bits per heavy atom. The smallest absolute Gasteiger partial charge is 0.164 e. The summed E-state index contributed by atoms with van der Waals surface area (Å²) in [6.45, 7) is 0. The minimum Gasteiger partial charge on any atom is -0.456 e. The van der Waals surface area contributed by atoms with Gasteiger partial charge in [0, 0.05) is 95.3 Å². The fourth-order valence-corrected chi connectivity index (χ4v) is 16.6. The molecule has 466 valence electrons. The zero-order valence-corrected chi connectivity index (χ0v) is 55.0. The van der Waals surface area contributed by atoms with E-state index in [0.29, 0.717) is 34.9 Å². The predicted molar refractivity (Wildman–Crippen MR) is 413 cm³/mol. The highest BCUT2D eigenvalue weighted by Crippen LogP contribution is 2.46. The Morgan fingerprint density at radius 1 is 0.180 bits per heavy atom. The van der Waals surface area contributed by atoms with Crippen LogP contribution in [0.5, 0.6) is 0 Å². The molecule has 0 amide bonds. The molecule has 0 spiro atoms. The van der Waals surface area contributed by atoms with Crippen LogP contribution in [0.1, 0.15) is 0 Å². The van der Waals surface area contributed by atoms with Crippen LogP contribution in [-0.2, 0) is 0 Å². The summed E-state index contributed by atoms with van der Waals surface area (Å²) in [7, 11) is 0. The Balaban J connectivity index is 0.607. The van der Waals surface area contributed by atoms with Gasteiger partial charge in [0.05, 0.1) is 0 Å². The minimum atomic E-state index is 0.571. The van der Waals surface area contributed by atoms with Crippen molar-refractivity contribution in [3.63, 3.8) is 0 Å². The van der Waals surface area contributed by atoms with E-state index in [9.17, 15) is 0 Å². The number of nitrogens with zero attached hydrogens (tertiary/aromatic N) is 6. The van der Waals surface area contributed by atoms with Crippen molar-refractivity contribution in [2.45, 2.75) is 0 Å². The van der Waals surface area contributed by atoms with Gasteiger partial charge in [-0.1, -0.05) is 224 Å². The first-order valence-electron chi connectivity index (χ1n) is 33.3. The fraction of sp³-hybridized carbons (Fsp3) is 0. The second-order valence-electron chi connectivity index (χ2n) is 25.2. The van der Waals surface area contributed by atoms with Crippen LogP contribution in [0.3, 0.4) is 0 Å². The molecule has 8 nitrogen and oxygen atoms in total. The molecular weight excluding hydrogens is 1260 g/mol. The maximum Gasteiger partial charge on any atom is 0.164 e. The minimum absolute atomic E-state index is 0.571. The van der Waals surface area contributed by atoms with Crippen LogP contribution in [-0.4, -0.2) is 29.9 Å². The molecular formula is C90H52N6O2S2. The molecule has 0 atom stereocenters. The number of fused-ring (bicyclic) bond motifs is 12. The van der Waals surface area contributed by atoms with E-state index in [1.807, 2.05) is 66.7 Å². The van der Waals surface area contributed by atoms with Crippen molar-refractivity contribution in [3.8, 4) is 124 Å². The van der Waals surface area contributed by atoms with Crippen molar-refractivity contribution in [1.29, 1.82) is 0 Å². The summed E-state index contributed by atoms with van der Waals surface area (Å²) in [4.78, 5) is 31.3. The van der Waals surface area contributed by atoms with Crippen LogP contribution in [0.2, 0.25) is 0 Å². The van der Waals surface area contributed by atoms with Crippen LogP contribution in [0.25, 0.3) is 208 Å². The second-order valence-corrected chi connectivity index (χ2v) is 27.4. The third-order valence-electron chi connectivity index (χ3n) is 19.2. The SMILES string of the molecule is c1ccc(-c2ccc3sc4cccc(-c5nc(-c6ccccc6)nc(-c6ccc7c(c6)oc6cc(-c8ccccc8-c8ccc(-c9cccc(-c%10ccc%11sc%12cccc(-c%13nc(-c%14ccccc%14)nc(-c%14ccc%15oc%16ccccc%16c%15c%14)n%13)c%12c%11c%10)c9)cc8)ccc67)n5)c4c3c2)cc1. The maximum absolute atomic E-state index is 6.84. The zero-order valence-electron chi connectivity index (χ0n) is 53.3. The summed E-state index contributed by atoms with van der Waals surface area (Å²) in [6, 6.07) is 111. The first-order chi connectivity index (χ1) is 49.5. The van der Waals surface area contributed by atoms with Crippen molar-refractivity contribution < 1.29 is 8.83 Å². The standard InChI is InChI=1S/C90H52N6O2S2/c1-4-17-53(18-5-1)60-40-45-79-73(48-60)83-70(28-15-31-81(83)99-79)90-94-86(57-21-8-3-9-22-57)92-88(96-90)64-38-43-69-68-42-37-62(51-77(68)98-78(69)52-64)66-26-11-10-25-65(66)55-35-33-54(34-36-55)58-23-14-24-59(47-58)61-41-46-80-74(49-61)84-71(29-16-32-82(84)100-80)89-93-85(56-19-6-2-7-20-56)91-87(95-89)63-39-44-76-72(50-63)67-27-12-13-30-75(67)97-76/h1-52H. The first kappa shape index (κ1) is 57.4. The topological polar surface area (TPSA) is 104 Å². The Hall–Kier alpha value is -12.9. The van der Waals surface area contributed by atoms with Crippen molar-refractivity contribution in [1.82, 2.24) is 29.9 Å². The highest BCUT2D eigenvalue weighted by molar-refractivity contribution is 7.26. The van der Waals surface area contributed by atoms with E-state index in [4.69, 9.17) is 38.7 Å². The average Bonchev–Trinajstić information content (AvgIpc) is 1.50. The third kappa shape index (κ3) is 9.95. The Labute approximate surface area is 581 Å². The number of hydrogen-bond acceptors (Lipinski definition) is 10. The normalized spacial score (nSPS) is 11.8. The highest BCUT2D eigenvalue weighted by Gasteiger charge is 2.23. The molecule has 10 heteroatoms. The summed E-state index contributed by atoms with van der Waals surface area (Å²) in [6.07, 6.45) is 0. The van der Waals surface area contributed by atoms with Gasteiger partial charge in [-0.15, -0.1) is 22.7 Å². The molecule has 0 saturated heterocycles. The molecule has 20 rings (SSSR count). The molecule has 0 bridgehead atoms. The van der Waals surface area contributed by atoms with Gasteiger partial charge in [0.15, 0.2) is 34.9 Å². The summed E-state index contributed by atoms with van der Waals surface area (Å²) in [5, 5.41) is 8.73. The summed E-state index contributed by atoms with van der Waals surface area (Å²) < 4.78 is 17.8. The van der Waals surface area contributed by atoms with Gasteiger partial charge in [-0.3, -0.25) is 0 Å². The van der Waals surface area contributed by atoms with Gasteiger partial charge in [-0.2, -0.15) is 0 Å². The van der Waals surface area contributed by atoms with Crippen LogP contribution in [0, 0.1) is 0 Å². The molecule has 100 heavy (non-hydrogen) atoms. The van der Waals surface area contributed by atoms with Crippen LogP contribution in [0.15, 0.2) is 324 Å². The van der Waals surface area contributed by atoms with E-state index in [2.05, 4.69) is 249 Å². The molecule has 0 radical (unpaired) electrons. The molecule has 0 aliphatic heterocycles. The van der Waals surface area contributed by atoms with Gasteiger partial charge in [-0.25, -0.2) is 29.9 Å². The maximum atomic E-state index is 6.84. The van der Waals surface area contributed by atoms with Crippen LogP contribution in [0.4, 0.5) is 0 Å². The van der Waals surface area contributed by atoms with Crippen molar-refractivity contribution in [3.05, 3.63) is 315 Å². The Bertz CT molecular complexity index is 6660. The van der Waals surface area contributed by atoms with Gasteiger partial charge in [0.2, 0.25) is 0 Å². The van der Waals surface area contributed by atoms with E-state index >= 15 is 0 Å². The largest absolute Gasteiger partial charge is 0.456 e. The lowest BCUT2D eigenvalue weighted by atomic mass is 9.92. The molecule has 0 unspecified atom stereocenters. The van der Waals surface area contributed by atoms with E-state index in [1.54, 1.807) is 22.7 Å². The third-order valence-corrected chi connectivity index (χ3v) is 21.5. The van der Waals surface area contributed by atoms with E-state index in [0.717, 1.165) is 138 Å². The molecule has 6 aromatic heterocycles. The Morgan fingerprint density at radius 2 is 0.540 bits per heavy atom. The lowest BCUT2D eigenvalue weighted by Gasteiger charge is -2.12. The lowest BCUT2D eigenvalue weighted by molar-refractivity contribution is 0.668. The molecule has 0 aliphatic rings. The monoisotopic (exact) mass is 1310 g/mol. The van der Waals surface area contributed by atoms with Crippen molar-refractivity contribution in [2.75, 3.05) is 0 Å². The van der Waals surface area contributed by atoms with Gasteiger partial charge in [-0.05, 0) is 147 Å². The quantitative estimate of drug-likeness (QED) is 0.126. The van der Waals surface area contributed by atoms with Gasteiger partial charge in [0.25, 0.3) is 0 Å². The highest BCUT2D eigenvalue weighted by atomic mass is 32.1. The molecule has 0 saturated carbocycles. The van der Waals surface area contributed by atoms with Crippen molar-refractivity contribution in [2.24, 2.45) is 0 Å². The van der Waals surface area contributed by atoms with E-state index in [1.165, 1.54) is 35.3 Å². The second kappa shape index (κ2) is 23.5. The van der Waals surface area contributed by atoms with Gasteiger partial charge in [0.1, 0.15) is 22.3 Å². The van der Waals surface area contributed by atoms with Gasteiger partial charge < -0.3 is 8.83 Å². The number of benzene rings is 14. The number of hydrogen-bond donors (Lipinski definition) is 0. The van der Waals surface area contributed by atoms with Crippen LogP contribution < -0.4 is 0 Å². The molecule has 20 aromatic rings. The number of rotatable bonds is 11. The number of para-hydroxylation sites is 1. The molecule has 14 aromatic carbocycles. The number of aromatic nitrogens is 6. The average molecular weight is 1310 g/mol. The fourth-order valence-electron chi connectivity index (χ4n) is 14.4. The molecule has 6 heterocycles. The zero-order chi connectivity index (χ0) is 65.8. The van der Waals surface area contributed by atoms with Crippen molar-refractivity contribution >= 4 is 107 Å². The summed E-state index contributed by atoms with van der Waals surface area (Å²) in [5.74, 6) is 3.63. The van der Waals surface area contributed by atoms with Gasteiger partial charge >= 0.3 is 0 Å². The molecule has 0 aliphatic carbocycles. The summed E-state index contributed by atoms with van der Waals surface area (Å²) >= 11 is 3.58. The van der Waals surface area contributed by atoms with E-state index < -0.39 is 0 Å². The number of furan rings is 2. The lowest BCUT2D eigenvalue weighted by Crippen LogP contribution is -2.00. The summed E-state index contributed by atoms with van der Waals surface area (Å²) in [5.41, 5.74) is 20.0. The molecule has 0 fully saturated rings. The Kier molecular flexibility index (Phi) is 13.5. The molecule has 0 N–H and O–H groups in total. The van der Waals surface area contributed by atoms with Crippen LogP contribution >= 0.6 is 22.7 Å². The predicted octanol–water partition coefficient (Wildman–Crippen LogP) is 24.9. The van der Waals surface area contributed by atoms with E-state index in [-0.39, 0.29) is 0 Å². The number of thiophene rings is 2.